The highest BCUT2D eigenvalue weighted by molar-refractivity contribution is 6.31. The first-order chi connectivity index (χ1) is 20.1. The van der Waals surface area contributed by atoms with Gasteiger partial charge in [-0.1, -0.05) is 36.2 Å². The average Bonchev–Trinajstić information content (AvgIpc) is 3.26. The van der Waals surface area contributed by atoms with E-state index < -0.39 is 6.04 Å². The summed E-state index contributed by atoms with van der Waals surface area (Å²) < 4.78 is 3.50. The third-order valence-electron chi connectivity index (χ3n) is 7.95. The van der Waals surface area contributed by atoms with Crippen LogP contribution >= 0.6 is 11.6 Å². The van der Waals surface area contributed by atoms with Crippen LogP contribution in [0.4, 0.5) is 5.69 Å². The van der Waals surface area contributed by atoms with Gasteiger partial charge in [0.05, 0.1) is 11.9 Å². The van der Waals surface area contributed by atoms with E-state index in [0.717, 1.165) is 52.8 Å². The van der Waals surface area contributed by atoms with Gasteiger partial charge < -0.3 is 15.2 Å². The molecule has 2 N–H and O–H groups in total. The normalized spacial score (nSPS) is 14.0. The summed E-state index contributed by atoms with van der Waals surface area (Å²) in [6, 6.07) is 15.7. The Morgan fingerprint density at radius 2 is 1.71 bits per heavy atom. The molecule has 1 saturated carbocycles. The highest BCUT2D eigenvalue weighted by atomic mass is 35.5. The number of rotatable bonds is 9. The predicted molar refractivity (Wildman–Crippen MR) is 167 cm³/mol. The molecule has 0 saturated heterocycles. The van der Waals surface area contributed by atoms with E-state index in [-0.39, 0.29) is 35.8 Å². The van der Waals surface area contributed by atoms with Crippen molar-refractivity contribution in [2.75, 3.05) is 5.32 Å². The zero-order chi connectivity index (χ0) is 30.0. The summed E-state index contributed by atoms with van der Waals surface area (Å²) in [7, 11) is 1.90. The molecule has 8 nitrogen and oxygen atoms in total. The molecule has 5 rings (SSSR count). The fourth-order valence-corrected chi connectivity index (χ4v) is 5.48. The standard InChI is InChI=1S/C33H36ClN5O3/c1-20(2)39-19-25(11-15-30(39)40)24-10-14-28(34)26(16-24)17-29(37-32(41)23-6-5-7-23)33(42)36-27-12-8-22(9-13-27)31-21(3)18-35-38(31)4/h8-16,18-20,23,29H,5-7,17H2,1-4H3,(H,36,42)(H,37,41)/t29-/m0/s1. The number of nitrogens with one attached hydrogen (secondary N) is 2. The van der Waals surface area contributed by atoms with E-state index >= 15 is 0 Å². The van der Waals surface area contributed by atoms with E-state index in [0.29, 0.717) is 10.7 Å². The molecular formula is C33H36ClN5O3. The van der Waals surface area contributed by atoms with Gasteiger partial charge in [-0.25, -0.2) is 0 Å². The second-order valence-electron chi connectivity index (χ2n) is 11.3. The van der Waals surface area contributed by atoms with Gasteiger partial charge in [0.15, 0.2) is 0 Å². The molecule has 1 aliphatic carbocycles. The largest absolute Gasteiger partial charge is 0.344 e. The Hall–Kier alpha value is -4.17. The maximum absolute atomic E-state index is 13.6. The van der Waals surface area contributed by atoms with Crippen molar-refractivity contribution in [3.05, 3.63) is 93.5 Å². The van der Waals surface area contributed by atoms with Crippen molar-refractivity contribution in [3.63, 3.8) is 0 Å². The van der Waals surface area contributed by atoms with Crippen molar-refractivity contribution in [1.29, 1.82) is 0 Å². The number of pyridine rings is 1. The number of halogens is 1. The van der Waals surface area contributed by atoms with Gasteiger partial charge in [-0.15, -0.1) is 0 Å². The number of carbonyl (C=O) groups excluding carboxylic acids is 2. The molecule has 0 unspecified atom stereocenters. The van der Waals surface area contributed by atoms with Crippen LogP contribution in [0.15, 0.2) is 71.8 Å². The first kappa shape index (κ1) is 29.3. The van der Waals surface area contributed by atoms with Crippen molar-refractivity contribution in [2.45, 2.75) is 58.5 Å². The van der Waals surface area contributed by atoms with Crippen LogP contribution in [0.5, 0.6) is 0 Å². The highest BCUT2D eigenvalue weighted by Crippen LogP contribution is 2.29. The second kappa shape index (κ2) is 12.4. The minimum atomic E-state index is -0.825. The third-order valence-corrected chi connectivity index (χ3v) is 8.32. The maximum Gasteiger partial charge on any atom is 0.250 e. The van der Waals surface area contributed by atoms with Gasteiger partial charge in [0.2, 0.25) is 11.8 Å². The van der Waals surface area contributed by atoms with Crippen molar-refractivity contribution < 1.29 is 9.59 Å². The average molecular weight is 586 g/mol. The summed E-state index contributed by atoms with van der Waals surface area (Å²) in [5.41, 5.74) is 6.09. The molecule has 1 fully saturated rings. The van der Waals surface area contributed by atoms with Crippen molar-refractivity contribution in [3.8, 4) is 22.4 Å². The molecule has 9 heteroatoms. The quantitative estimate of drug-likeness (QED) is 0.255. The van der Waals surface area contributed by atoms with E-state index in [2.05, 4.69) is 15.7 Å². The highest BCUT2D eigenvalue weighted by Gasteiger charge is 2.30. The molecule has 0 radical (unpaired) electrons. The number of amides is 2. The molecule has 2 heterocycles. The number of carbonyl (C=O) groups is 2. The lowest BCUT2D eigenvalue weighted by Crippen LogP contribution is -2.48. The van der Waals surface area contributed by atoms with Crippen LogP contribution in [0.1, 0.15) is 50.3 Å². The van der Waals surface area contributed by atoms with E-state index in [1.54, 1.807) is 22.8 Å². The van der Waals surface area contributed by atoms with Crippen molar-refractivity contribution in [2.24, 2.45) is 13.0 Å². The Kier molecular flexibility index (Phi) is 8.64. The molecule has 1 aliphatic rings. The Labute approximate surface area is 250 Å². The SMILES string of the molecule is Cc1cnn(C)c1-c1ccc(NC(=O)[C@H](Cc2cc(-c3ccc(=O)n(C(C)C)c3)ccc2Cl)NC(=O)C2CCC2)cc1. The molecule has 0 aliphatic heterocycles. The minimum Gasteiger partial charge on any atom is -0.344 e. The summed E-state index contributed by atoms with van der Waals surface area (Å²) in [5.74, 6) is -0.498. The molecule has 4 aromatic rings. The number of nitrogens with zero attached hydrogens (tertiary/aromatic N) is 3. The van der Waals surface area contributed by atoms with Crippen LogP contribution in [0.3, 0.4) is 0 Å². The van der Waals surface area contributed by atoms with Gasteiger partial charge in [0.25, 0.3) is 5.56 Å². The lowest BCUT2D eigenvalue weighted by Gasteiger charge is -2.27. The third kappa shape index (κ3) is 6.34. The van der Waals surface area contributed by atoms with E-state index in [1.165, 1.54) is 0 Å². The Morgan fingerprint density at radius 1 is 1.02 bits per heavy atom. The van der Waals surface area contributed by atoms with Crippen molar-refractivity contribution in [1.82, 2.24) is 19.7 Å². The second-order valence-corrected chi connectivity index (χ2v) is 11.7. The van der Waals surface area contributed by atoms with E-state index in [4.69, 9.17) is 11.6 Å². The van der Waals surface area contributed by atoms with Crippen LogP contribution in [0.25, 0.3) is 22.4 Å². The Bertz CT molecular complexity index is 1650. The summed E-state index contributed by atoms with van der Waals surface area (Å²) >= 11 is 6.62. The van der Waals surface area contributed by atoms with Crippen molar-refractivity contribution >= 4 is 29.1 Å². The summed E-state index contributed by atoms with van der Waals surface area (Å²) in [6.07, 6.45) is 6.55. The lowest BCUT2D eigenvalue weighted by molar-refractivity contribution is -0.131. The molecule has 2 amide bonds. The van der Waals surface area contributed by atoms with Gasteiger partial charge in [0, 0.05) is 54.0 Å². The van der Waals surface area contributed by atoms with Gasteiger partial charge in [-0.3, -0.25) is 19.1 Å². The number of aryl methyl sites for hydroxylation is 2. The topological polar surface area (TPSA) is 98.0 Å². The Morgan fingerprint density at radius 3 is 2.33 bits per heavy atom. The smallest absolute Gasteiger partial charge is 0.250 e. The summed E-state index contributed by atoms with van der Waals surface area (Å²) in [4.78, 5) is 38.9. The molecular weight excluding hydrogens is 550 g/mol. The van der Waals surface area contributed by atoms with Crippen LogP contribution in [0, 0.1) is 12.8 Å². The van der Waals surface area contributed by atoms with Crippen LogP contribution in [0.2, 0.25) is 5.02 Å². The molecule has 0 spiro atoms. The van der Waals surface area contributed by atoms with Crippen LogP contribution in [-0.4, -0.2) is 32.2 Å². The minimum absolute atomic E-state index is 0.0150. The first-order valence-electron chi connectivity index (χ1n) is 14.3. The van der Waals surface area contributed by atoms with Gasteiger partial charge in [0.1, 0.15) is 6.04 Å². The predicted octanol–water partition coefficient (Wildman–Crippen LogP) is 5.92. The number of hydrogen-bond donors (Lipinski definition) is 2. The molecule has 2 aromatic heterocycles. The monoisotopic (exact) mass is 585 g/mol. The summed E-state index contributed by atoms with van der Waals surface area (Å²) in [5, 5.41) is 10.8. The fraction of sp³-hybridized carbons (Fsp3) is 0.333. The fourth-order valence-electron chi connectivity index (χ4n) is 5.28. The maximum atomic E-state index is 13.6. The number of anilines is 1. The molecule has 42 heavy (non-hydrogen) atoms. The zero-order valence-corrected chi connectivity index (χ0v) is 25.1. The first-order valence-corrected chi connectivity index (χ1v) is 14.7. The number of aromatic nitrogens is 3. The van der Waals surface area contributed by atoms with E-state index in [9.17, 15) is 14.4 Å². The molecule has 0 bridgehead atoms. The van der Waals surface area contributed by atoms with Crippen LogP contribution in [-0.2, 0) is 23.1 Å². The zero-order valence-electron chi connectivity index (χ0n) is 24.4. The van der Waals surface area contributed by atoms with Crippen LogP contribution < -0.4 is 16.2 Å². The Balaban J connectivity index is 1.39. The molecule has 1 atom stereocenters. The number of hydrogen-bond acceptors (Lipinski definition) is 4. The molecule has 2 aromatic carbocycles. The summed E-state index contributed by atoms with van der Waals surface area (Å²) in [6.45, 7) is 5.92. The number of benzene rings is 2. The molecule has 218 valence electrons. The lowest BCUT2D eigenvalue weighted by atomic mass is 9.84. The van der Waals surface area contributed by atoms with Gasteiger partial charge in [-0.05, 0) is 86.2 Å². The van der Waals surface area contributed by atoms with Gasteiger partial charge >= 0.3 is 0 Å². The van der Waals surface area contributed by atoms with E-state index in [1.807, 2.05) is 81.3 Å². The van der Waals surface area contributed by atoms with Gasteiger partial charge in [-0.2, -0.15) is 5.10 Å².